The van der Waals surface area contributed by atoms with E-state index in [1.807, 2.05) is 40.9 Å². The Labute approximate surface area is 136 Å². The van der Waals surface area contributed by atoms with Crippen LogP contribution in [0, 0.1) is 0 Å². The summed E-state index contributed by atoms with van der Waals surface area (Å²) in [6, 6.07) is 5.78. The zero-order valence-electron chi connectivity index (χ0n) is 13.8. The topological polar surface area (TPSA) is 47.4 Å². The van der Waals surface area contributed by atoms with E-state index in [9.17, 15) is 4.79 Å². The van der Waals surface area contributed by atoms with E-state index in [2.05, 4.69) is 11.9 Å². The summed E-state index contributed by atoms with van der Waals surface area (Å²) in [7, 11) is 1.95. The number of imidazole rings is 1. The van der Waals surface area contributed by atoms with Crippen molar-refractivity contribution in [1.82, 2.24) is 14.5 Å². The molecule has 0 fully saturated rings. The Morgan fingerprint density at radius 2 is 2.30 bits per heavy atom. The van der Waals surface area contributed by atoms with Crippen molar-refractivity contribution in [2.45, 2.75) is 32.7 Å². The average molecular weight is 313 g/mol. The van der Waals surface area contributed by atoms with Gasteiger partial charge in [-0.25, -0.2) is 4.98 Å². The predicted octanol–water partition coefficient (Wildman–Crippen LogP) is 2.80. The summed E-state index contributed by atoms with van der Waals surface area (Å²) in [4.78, 5) is 19.1. The summed E-state index contributed by atoms with van der Waals surface area (Å²) < 4.78 is 7.58. The number of hydrogen-bond acceptors (Lipinski definition) is 3. The van der Waals surface area contributed by atoms with Crippen LogP contribution in [0.15, 0.2) is 30.6 Å². The van der Waals surface area contributed by atoms with Crippen molar-refractivity contribution in [3.8, 4) is 5.75 Å². The van der Waals surface area contributed by atoms with Crippen LogP contribution in [0.4, 0.5) is 0 Å². The molecule has 1 amide bonds. The normalized spacial score (nSPS) is 13.3. The van der Waals surface area contributed by atoms with Gasteiger partial charge in [0.1, 0.15) is 11.6 Å². The van der Waals surface area contributed by atoms with Gasteiger partial charge < -0.3 is 14.2 Å². The lowest BCUT2D eigenvalue weighted by Crippen LogP contribution is -2.32. The third kappa shape index (κ3) is 3.38. The molecule has 0 radical (unpaired) electrons. The van der Waals surface area contributed by atoms with Crippen LogP contribution in [-0.4, -0.2) is 33.5 Å². The molecule has 3 rings (SSSR count). The molecule has 122 valence electrons. The van der Waals surface area contributed by atoms with Crippen LogP contribution >= 0.6 is 0 Å². The van der Waals surface area contributed by atoms with Crippen molar-refractivity contribution in [3.05, 3.63) is 47.5 Å². The third-order valence-corrected chi connectivity index (χ3v) is 4.19. The minimum Gasteiger partial charge on any atom is -0.493 e. The summed E-state index contributed by atoms with van der Waals surface area (Å²) in [6.45, 7) is 4.10. The van der Waals surface area contributed by atoms with Gasteiger partial charge in [0.05, 0.1) is 13.2 Å². The van der Waals surface area contributed by atoms with Crippen molar-refractivity contribution in [2.24, 2.45) is 7.05 Å². The molecule has 2 heterocycles. The van der Waals surface area contributed by atoms with E-state index in [1.54, 1.807) is 6.20 Å². The van der Waals surface area contributed by atoms with Crippen molar-refractivity contribution in [3.63, 3.8) is 0 Å². The SMILES string of the molecule is CCCN(Cc1nccn1C)C(=O)c1ccc2c(c1)CCCO2. The van der Waals surface area contributed by atoms with Crippen molar-refractivity contribution >= 4 is 5.91 Å². The molecule has 0 saturated carbocycles. The van der Waals surface area contributed by atoms with E-state index >= 15 is 0 Å². The second-order valence-electron chi connectivity index (χ2n) is 5.96. The second-order valence-corrected chi connectivity index (χ2v) is 5.96. The fourth-order valence-electron chi connectivity index (χ4n) is 2.92. The van der Waals surface area contributed by atoms with E-state index in [-0.39, 0.29) is 5.91 Å². The average Bonchev–Trinajstić information content (AvgIpc) is 2.98. The number of aromatic nitrogens is 2. The van der Waals surface area contributed by atoms with Crippen LogP contribution < -0.4 is 4.74 Å². The molecule has 5 heteroatoms. The molecule has 0 spiro atoms. The van der Waals surface area contributed by atoms with Gasteiger partial charge in [0.2, 0.25) is 0 Å². The number of rotatable bonds is 5. The number of hydrogen-bond donors (Lipinski definition) is 0. The van der Waals surface area contributed by atoms with Crippen molar-refractivity contribution in [2.75, 3.05) is 13.2 Å². The first-order chi connectivity index (χ1) is 11.2. The molecule has 1 aliphatic rings. The maximum atomic E-state index is 12.9. The molecule has 0 aliphatic carbocycles. The molecule has 2 aromatic rings. The Morgan fingerprint density at radius 3 is 3.04 bits per heavy atom. The molecule has 0 N–H and O–H groups in total. The maximum Gasteiger partial charge on any atom is 0.254 e. The van der Waals surface area contributed by atoms with Crippen molar-refractivity contribution in [1.29, 1.82) is 0 Å². The number of aryl methyl sites for hydroxylation is 2. The largest absolute Gasteiger partial charge is 0.493 e. The van der Waals surface area contributed by atoms with Crippen LogP contribution in [0.25, 0.3) is 0 Å². The van der Waals surface area contributed by atoms with E-state index in [0.29, 0.717) is 6.54 Å². The molecular formula is C18H23N3O2. The van der Waals surface area contributed by atoms with E-state index in [1.165, 1.54) is 0 Å². The molecule has 5 nitrogen and oxygen atoms in total. The summed E-state index contributed by atoms with van der Waals surface area (Å²) in [5.74, 6) is 1.87. The molecule has 0 unspecified atom stereocenters. The van der Waals surface area contributed by atoms with Gasteiger partial charge in [-0.15, -0.1) is 0 Å². The van der Waals surface area contributed by atoms with Gasteiger partial charge in [0.25, 0.3) is 5.91 Å². The fourth-order valence-corrected chi connectivity index (χ4v) is 2.92. The molecule has 0 saturated heterocycles. The van der Waals surface area contributed by atoms with Gasteiger partial charge in [0.15, 0.2) is 0 Å². The zero-order chi connectivity index (χ0) is 16.2. The molecule has 1 aromatic heterocycles. The third-order valence-electron chi connectivity index (χ3n) is 4.19. The lowest BCUT2D eigenvalue weighted by molar-refractivity contribution is 0.0737. The first kappa shape index (κ1) is 15.6. The van der Waals surface area contributed by atoms with Crippen molar-refractivity contribution < 1.29 is 9.53 Å². The van der Waals surface area contributed by atoms with Crippen LogP contribution in [0.3, 0.4) is 0 Å². The summed E-state index contributed by atoms with van der Waals surface area (Å²) in [6.07, 6.45) is 6.57. The number of amides is 1. The van der Waals surface area contributed by atoms with Crippen LogP contribution in [0.1, 0.15) is 41.5 Å². The quantitative estimate of drug-likeness (QED) is 0.853. The minimum absolute atomic E-state index is 0.0585. The standard InChI is InChI=1S/C18H23N3O2/c1-3-9-21(13-17-19-8-10-20(17)2)18(22)15-6-7-16-14(12-15)5-4-11-23-16/h6-8,10,12H,3-5,9,11,13H2,1-2H3. The monoisotopic (exact) mass is 313 g/mol. The van der Waals surface area contributed by atoms with Gasteiger partial charge in [-0.2, -0.15) is 0 Å². The predicted molar refractivity (Wildman–Crippen MR) is 88.5 cm³/mol. The van der Waals surface area contributed by atoms with Gasteiger partial charge in [-0.3, -0.25) is 4.79 Å². The Balaban J connectivity index is 1.81. The Hall–Kier alpha value is -2.30. The highest BCUT2D eigenvalue weighted by molar-refractivity contribution is 5.94. The van der Waals surface area contributed by atoms with Gasteiger partial charge in [0, 0.05) is 31.5 Å². The smallest absolute Gasteiger partial charge is 0.254 e. The number of benzene rings is 1. The van der Waals surface area contributed by atoms with Gasteiger partial charge >= 0.3 is 0 Å². The molecule has 23 heavy (non-hydrogen) atoms. The zero-order valence-corrected chi connectivity index (χ0v) is 13.8. The van der Waals surface area contributed by atoms with Crippen LogP contribution in [0.5, 0.6) is 5.75 Å². The number of carbonyl (C=O) groups is 1. The molecule has 0 atom stereocenters. The maximum absolute atomic E-state index is 12.9. The minimum atomic E-state index is 0.0585. The number of nitrogens with zero attached hydrogens (tertiary/aromatic N) is 3. The summed E-state index contributed by atoms with van der Waals surface area (Å²) in [5.41, 5.74) is 1.87. The summed E-state index contributed by atoms with van der Waals surface area (Å²) >= 11 is 0. The van der Waals surface area contributed by atoms with Crippen LogP contribution in [0.2, 0.25) is 0 Å². The Bertz CT molecular complexity index is 693. The van der Waals surface area contributed by atoms with E-state index in [4.69, 9.17) is 4.74 Å². The molecule has 0 bridgehead atoms. The van der Waals surface area contributed by atoms with E-state index in [0.717, 1.165) is 55.1 Å². The Kier molecular flexibility index (Phi) is 4.65. The first-order valence-electron chi connectivity index (χ1n) is 8.20. The Morgan fingerprint density at radius 1 is 1.43 bits per heavy atom. The van der Waals surface area contributed by atoms with E-state index < -0.39 is 0 Å². The lowest BCUT2D eigenvalue weighted by atomic mass is 10.0. The number of carbonyl (C=O) groups excluding carboxylic acids is 1. The summed E-state index contributed by atoms with van der Waals surface area (Å²) in [5, 5.41) is 0. The van der Waals surface area contributed by atoms with Gasteiger partial charge in [-0.05, 0) is 43.0 Å². The highest BCUT2D eigenvalue weighted by atomic mass is 16.5. The van der Waals surface area contributed by atoms with Gasteiger partial charge in [-0.1, -0.05) is 6.92 Å². The first-order valence-corrected chi connectivity index (χ1v) is 8.20. The highest BCUT2D eigenvalue weighted by Gasteiger charge is 2.19. The molecule has 1 aliphatic heterocycles. The van der Waals surface area contributed by atoms with Crippen LogP contribution in [-0.2, 0) is 20.0 Å². The number of fused-ring (bicyclic) bond motifs is 1. The number of ether oxygens (including phenoxy) is 1. The second kappa shape index (κ2) is 6.86. The highest BCUT2D eigenvalue weighted by Crippen LogP contribution is 2.26. The fraction of sp³-hybridized carbons (Fsp3) is 0.444. The molecular weight excluding hydrogens is 290 g/mol. The molecule has 1 aromatic carbocycles. The lowest BCUT2D eigenvalue weighted by Gasteiger charge is -2.23.